The van der Waals surface area contributed by atoms with E-state index in [0.717, 1.165) is 17.2 Å². The van der Waals surface area contributed by atoms with Crippen LogP contribution in [0.15, 0.2) is 18.2 Å². The summed E-state index contributed by atoms with van der Waals surface area (Å²) in [6.07, 6.45) is 2.24. The number of ether oxygens (including phenoxy) is 1. The second-order valence-electron chi connectivity index (χ2n) is 6.40. The van der Waals surface area contributed by atoms with Crippen LogP contribution in [-0.2, 0) is 4.79 Å². The number of hydrogen-bond donors (Lipinski definition) is 1. The molecule has 0 heterocycles. The van der Waals surface area contributed by atoms with Crippen molar-refractivity contribution >= 4 is 5.97 Å². The predicted molar refractivity (Wildman–Crippen MR) is 84.0 cm³/mol. The summed E-state index contributed by atoms with van der Waals surface area (Å²) in [7, 11) is 0. The molecule has 1 saturated carbocycles. The summed E-state index contributed by atoms with van der Waals surface area (Å²) in [6, 6.07) is 6.22. The highest BCUT2D eigenvalue weighted by Crippen LogP contribution is 2.46. The summed E-state index contributed by atoms with van der Waals surface area (Å²) < 4.78 is 5.95. The zero-order chi connectivity index (χ0) is 15.6. The smallest absolute Gasteiger partial charge is 0.344 e. The summed E-state index contributed by atoms with van der Waals surface area (Å²) in [4.78, 5) is 11.3. The molecule has 2 atom stereocenters. The minimum atomic E-state index is -0.888. The lowest BCUT2D eigenvalue weighted by Crippen LogP contribution is -2.27. The first-order chi connectivity index (χ1) is 9.95. The highest BCUT2D eigenvalue weighted by atomic mass is 16.5. The molecular formula is C18H26O3. The Labute approximate surface area is 127 Å². The van der Waals surface area contributed by atoms with Crippen molar-refractivity contribution in [2.75, 3.05) is 0 Å². The fourth-order valence-electron chi connectivity index (χ4n) is 2.82. The molecule has 0 radical (unpaired) electrons. The molecule has 1 fully saturated rings. The molecule has 0 saturated heterocycles. The molecule has 2 unspecified atom stereocenters. The van der Waals surface area contributed by atoms with E-state index in [1.807, 2.05) is 6.92 Å². The van der Waals surface area contributed by atoms with Crippen LogP contribution in [0, 0.1) is 5.92 Å². The second kappa shape index (κ2) is 6.50. The maximum atomic E-state index is 11.3. The molecule has 1 aromatic rings. The van der Waals surface area contributed by atoms with Gasteiger partial charge in [-0.1, -0.05) is 45.9 Å². The lowest BCUT2D eigenvalue weighted by atomic mass is 9.90. The molecule has 0 bridgehead atoms. The molecule has 1 aliphatic carbocycles. The molecule has 1 N–H and O–H groups in total. The van der Waals surface area contributed by atoms with Crippen LogP contribution in [0.4, 0.5) is 0 Å². The van der Waals surface area contributed by atoms with Crippen molar-refractivity contribution in [3.63, 3.8) is 0 Å². The van der Waals surface area contributed by atoms with Crippen LogP contribution < -0.4 is 4.74 Å². The number of carbonyl (C=O) groups is 1. The predicted octanol–water partition coefficient (Wildman–Crippen LogP) is 4.57. The van der Waals surface area contributed by atoms with Crippen LogP contribution in [0.25, 0.3) is 0 Å². The van der Waals surface area contributed by atoms with Crippen molar-refractivity contribution in [2.45, 2.75) is 64.9 Å². The van der Waals surface area contributed by atoms with Crippen molar-refractivity contribution in [3.05, 3.63) is 29.3 Å². The fourth-order valence-corrected chi connectivity index (χ4v) is 2.82. The first kappa shape index (κ1) is 15.9. The minimum absolute atomic E-state index is 0.317. The molecule has 0 spiro atoms. The molecule has 0 amide bonds. The van der Waals surface area contributed by atoms with E-state index in [1.54, 1.807) is 0 Å². The largest absolute Gasteiger partial charge is 0.479 e. The number of carboxylic acid groups (broad SMARTS) is 1. The molecule has 21 heavy (non-hydrogen) atoms. The van der Waals surface area contributed by atoms with E-state index in [4.69, 9.17) is 4.74 Å². The van der Waals surface area contributed by atoms with Crippen molar-refractivity contribution in [1.82, 2.24) is 0 Å². The van der Waals surface area contributed by atoms with Crippen LogP contribution in [0.1, 0.15) is 69.9 Å². The van der Waals surface area contributed by atoms with Crippen molar-refractivity contribution < 1.29 is 14.6 Å². The molecule has 116 valence electrons. The molecule has 1 aliphatic rings. The second-order valence-corrected chi connectivity index (χ2v) is 6.40. The number of carboxylic acids is 1. The molecule has 0 aliphatic heterocycles. The summed E-state index contributed by atoms with van der Waals surface area (Å²) in [6.45, 7) is 8.32. The van der Waals surface area contributed by atoms with Gasteiger partial charge in [0, 0.05) is 0 Å². The lowest BCUT2D eigenvalue weighted by Gasteiger charge is -2.24. The van der Waals surface area contributed by atoms with E-state index in [0.29, 0.717) is 18.3 Å². The molecule has 3 heteroatoms. The van der Waals surface area contributed by atoms with E-state index in [2.05, 4.69) is 39.0 Å². The van der Waals surface area contributed by atoms with Gasteiger partial charge in [-0.2, -0.15) is 0 Å². The van der Waals surface area contributed by atoms with Gasteiger partial charge in [0.15, 0.2) is 6.10 Å². The van der Waals surface area contributed by atoms with Gasteiger partial charge >= 0.3 is 5.97 Å². The third-order valence-corrected chi connectivity index (χ3v) is 4.42. The van der Waals surface area contributed by atoms with Gasteiger partial charge in [-0.25, -0.2) is 4.79 Å². The molecular weight excluding hydrogens is 264 g/mol. The Morgan fingerprint density at radius 2 is 1.90 bits per heavy atom. The fraction of sp³-hybridized carbons (Fsp3) is 0.611. The average molecular weight is 290 g/mol. The van der Waals surface area contributed by atoms with Crippen molar-refractivity contribution in [1.29, 1.82) is 0 Å². The number of para-hydroxylation sites is 1. The van der Waals surface area contributed by atoms with Gasteiger partial charge in [0.1, 0.15) is 5.75 Å². The van der Waals surface area contributed by atoms with Gasteiger partial charge in [-0.3, -0.25) is 0 Å². The highest BCUT2D eigenvalue weighted by Gasteiger charge is 2.32. The van der Waals surface area contributed by atoms with E-state index in [-0.39, 0.29) is 0 Å². The van der Waals surface area contributed by atoms with Crippen LogP contribution in [0.5, 0.6) is 5.75 Å². The van der Waals surface area contributed by atoms with E-state index >= 15 is 0 Å². The van der Waals surface area contributed by atoms with Gasteiger partial charge in [-0.15, -0.1) is 0 Å². The van der Waals surface area contributed by atoms with Gasteiger partial charge in [0.25, 0.3) is 0 Å². The third kappa shape index (κ3) is 3.58. The standard InChI is InChI=1S/C18H26O3/c1-5-16(18(19)20)21-17-14(11(2)3)7-6-8-15(17)12(4)13-9-10-13/h6-8,11-13,16H,5,9-10H2,1-4H3,(H,19,20). The van der Waals surface area contributed by atoms with Gasteiger partial charge in [-0.05, 0) is 48.1 Å². The van der Waals surface area contributed by atoms with Crippen molar-refractivity contribution in [2.24, 2.45) is 5.92 Å². The first-order valence-corrected chi connectivity index (χ1v) is 7.97. The number of rotatable bonds is 7. The van der Waals surface area contributed by atoms with Crippen LogP contribution >= 0.6 is 0 Å². The number of benzene rings is 1. The monoisotopic (exact) mass is 290 g/mol. The summed E-state index contributed by atoms with van der Waals surface area (Å²) in [5.41, 5.74) is 2.28. The molecule has 1 aromatic carbocycles. The number of aliphatic carboxylic acids is 1. The zero-order valence-corrected chi connectivity index (χ0v) is 13.4. The van der Waals surface area contributed by atoms with Gasteiger partial charge < -0.3 is 9.84 Å². The Bertz CT molecular complexity index is 503. The first-order valence-electron chi connectivity index (χ1n) is 7.97. The average Bonchev–Trinajstić information content (AvgIpc) is 3.27. The van der Waals surface area contributed by atoms with Gasteiger partial charge in [0.2, 0.25) is 0 Å². The maximum Gasteiger partial charge on any atom is 0.344 e. The topological polar surface area (TPSA) is 46.5 Å². The molecule has 2 rings (SSSR count). The van der Waals surface area contributed by atoms with Crippen LogP contribution in [-0.4, -0.2) is 17.2 Å². The van der Waals surface area contributed by atoms with Crippen molar-refractivity contribution in [3.8, 4) is 5.75 Å². The Kier molecular flexibility index (Phi) is 4.92. The number of hydrogen-bond acceptors (Lipinski definition) is 2. The maximum absolute atomic E-state index is 11.3. The van der Waals surface area contributed by atoms with Gasteiger partial charge in [0.05, 0.1) is 0 Å². The zero-order valence-electron chi connectivity index (χ0n) is 13.4. The minimum Gasteiger partial charge on any atom is -0.479 e. The SMILES string of the molecule is CCC(Oc1c(C(C)C)cccc1C(C)C1CC1)C(=O)O. The Balaban J connectivity index is 2.40. The Morgan fingerprint density at radius 1 is 1.29 bits per heavy atom. The normalized spacial score (nSPS) is 17.6. The van der Waals surface area contributed by atoms with Crippen LogP contribution in [0.2, 0.25) is 0 Å². The summed E-state index contributed by atoms with van der Waals surface area (Å²) in [5, 5.41) is 9.29. The van der Waals surface area contributed by atoms with E-state index in [9.17, 15) is 9.90 Å². The third-order valence-electron chi connectivity index (χ3n) is 4.42. The van der Waals surface area contributed by atoms with Crippen LogP contribution in [0.3, 0.4) is 0 Å². The summed E-state index contributed by atoms with van der Waals surface area (Å²) >= 11 is 0. The van der Waals surface area contributed by atoms with E-state index in [1.165, 1.54) is 18.4 Å². The Hall–Kier alpha value is -1.51. The highest BCUT2D eigenvalue weighted by molar-refractivity contribution is 5.72. The summed E-state index contributed by atoms with van der Waals surface area (Å²) in [5.74, 6) is 1.39. The van der Waals surface area contributed by atoms with E-state index < -0.39 is 12.1 Å². The molecule has 0 aromatic heterocycles. The lowest BCUT2D eigenvalue weighted by molar-refractivity contribution is -0.145. The molecule has 3 nitrogen and oxygen atoms in total. The Morgan fingerprint density at radius 3 is 2.38 bits per heavy atom. The quantitative estimate of drug-likeness (QED) is 0.800.